The van der Waals surface area contributed by atoms with E-state index in [1.807, 2.05) is 13.0 Å². The maximum atomic E-state index is 12.4. The molecule has 0 spiro atoms. The topological polar surface area (TPSA) is 29.1 Å². The fourth-order valence-electron chi connectivity index (χ4n) is 3.00. The summed E-state index contributed by atoms with van der Waals surface area (Å²) in [5.41, 5.74) is 2.26. The molecular weight excluding hydrogens is 210 g/mol. The molecule has 1 aromatic carbocycles. The number of hydrogen-bond acceptors (Lipinski definition) is 2. The fourth-order valence-corrected chi connectivity index (χ4v) is 3.00. The fraction of sp³-hybridized carbons (Fsp3) is 0.533. The van der Waals surface area contributed by atoms with Crippen LogP contribution in [0.1, 0.15) is 37.3 Å². The van der Waals surface area contributed by atoms with E-state index in [9.17, 15) is 4.79 Å². The Bertz CT molecular complexity index is 405. The molecule has 1 saturated heterocycles. The van der Waals surface area contributed by atoms with E-state index in [2.05, 4.69) is 30.4 Å². The van der Waals surface area contributed by atoms with Crippen LogP contribution in [0.5, 0.6) is 0 Å². The highest BCUT2D eigenvalue weighted by molar-refractivity contribution is 5.90. The number of ketones is 1. The van der Waals surface area contributed by atoms with E-state index in [4.69, 9.17) is 0 Å². The van der Waals surface area contributed by atoms with Gasteiger partial charge in [0.25, 0.3) is 0 Å². The van der Waals surface area contributed by atoms with Gasteiger partial charge in [0.2, 0.25) is 0 Å². The monoisotopic (exact) mass is 231 g/mol. The van der Waals surface area contributed by atoms with E-state index < -0.39 is 0 Å². The number of piperidine rings is 1. The molecule has 2 rings (SSSR count). The molecular formula is C15H21NO. The van der Waals surface area contributed by atoms with Crippen molar-refractivity contribution in [3.8, 4) is 0 Å². The molecule has 1 aliphatic heterocycles. The average Bonchev–Trinajstić information content (AvgIpc) is 2.39. The van der Waals surface area contributed by atoms with E-state index in [1.165, 1.54) is 11.1 Å². The summed E-state index contributed by atoms with van der Waals surface area (Å²) in [4.78, 5) is 12.4. The van der Waals surface area contributed by atoms with E-state index in [0.717, 1.165) is 25.9 Å². The summed E-state index contributed by atoms with van der Waals surface area (Å²) in [7, 11) is 0. The molecule has 0 bridgehead atoms. The number of rotatable bonds is 3. The van der Waals surface area contributed by atoms with Crippen molar-refractivity contribution in [2.24, 2.45) is 0 Å². The first-order valence-corrected chi connectivity index (χ1v) is 6.51. The lowest BCUT2D eigenvalue weighted by Gasteiger charge is -2.37. The second kappa shape index (κ2) is 5.01. The van der Waals surface area contributed by atoms with Gasteiger partial charge in [-0.15, -0.1) is 0 Å². The zero-order valence-corrected chi connectivity index (χ0v) is 10.8. The SMILES string of the molecule is CCC(=O)C1(c2ccccc2C)CCNCC1. The van der Waals surface area contributed by atoms with Crippen molar-refractivity contribution >= 4 is 5.78 Å². The van der Waals surface area contributed by atoms with Crippen molar-refractivity contribution in [1.29, 1.82) is 0 Å². The van der Waals surface area contributed by atoms with Crippen LogP contribution in [0, 0.1) is 6.92 Å². The van der Waals surface area contributed by atoms with Crippen LogP contribution in [0.15, 0.2) is 24.3 Å². The van der Waals surface area contributed by atoms with Gasteiger partial charge in [0.05, 0.1) is 5.41 Å². The van der Waals surface area contributed by atoms with Crippen LogP contribution in [-0.4, -0.2) is 18.9 Å². The summed E-state index contributed by atoms with van der Waals surface area (Å²) in [5, 5.41) is 3.36. The van der Waals surface area contributed by atoms with Gasteiger partial charge in [0.1, 0.15) is 5.78 Å². The highest BCUT2D eigenvalue weighted by Gasteiger charge is 2.40. The molecule has 0 amide bonds. The highest BCUT2D eigenvalue weighted by Crippen LogP contribution is 2.37. The molecule has 0 saturated carbocycles. The van der Waals surface area contributed by atoms with Gasteiger partial charge in [0, 0.05) is 6.42 Å². The molecule has 17 heavy (non-hydrogen) atoms. The summed E-state index contributed by atoms with van der Waals surface area (Å²) >= 11 is 0. The number of benzene rings is 1. The average molecular weight is 231 g/mol. The maximum absolute atomic E-state index is 12.4. The van der Waals surface area contributed by atoms with Gasteiger partial charge in [-0.25, -0.2) is 0 Å². The Labute approximate surface area is 103 Å². The van der Waals surface area contributed by atoms with Gasteiger partial charge >= 0.3 is 0 Å². The van der Waals surface area contributed by atoms with Gasteiger partial charge in [-0.1, -0.05) is 31.2 Å². The molecule has 0 aromatic heterocycles. The van der Waals surface area contributed by atoms with Crippen LogP contribution in [0.3, 0.4) is 0 Å². The van der Waals surface area contributed by atoms with Crippen molar-refractivity contribution in [2.75, 3.05) is 13.1 Å². The summed E-state index contributed by atoms with van der Waals surface area (Å²) in [6, 6.07) is 8.34. The molecule has 92 valence electrons. The van der Waals surface area contributed by atoms with E-state index in [0.29, 0.717) is 12.2 Å². The van der Waals surface area contributed by atoms with E-state index in [1.54, 1.807) is 0 Å². The smallest absolute Gasteiger partial charge is 0.143 e. The highest BCUT2D eigenvalue weighted by atomic mass is 16.1. The van der Waals surface area contributed by atoms with Gasteiger partial charge in [-0.2, -0.15) is 0 Å². The number of hydrogen-bond donors (Lipinski definition) is 1. The molecule has 1 aromatic rings. The van der Waals surface area contributed by atoms with Crippen molar-refractivity contribution in [3.05, 3.63) is 35.4 Å². The number of Topliss-reactive ketones (excluding diaryl/α,β-unsaturated/α-hetero) is 1. The predicted molar refractivity (Wildman–Crippen MR) is 70.3 cm³/mol. The normalized spacial score (nSPS) is 18.9. The zero-order chi connectivity index (χ0) is 12.3. The quantitative estimate of drug-likeness (QED) is 0.866. The second-order valence-electron chi connectivity index (χ2n) is 4.92. The van der Waals surface area contributed by atoms with E-state index in [-0.39, 0.29) is 5.41 Å². The Hall–Kier alpha value is -1.15. The van der Waals surface area contributed by atoms with Gasteiger partial charge in [-0.05, 0) is 44.0 Å². The molecule has 2 heteroatoms. The number of carbonyl (C=O) groups excluding carboxylic acids is 1. The standard InChI is InChI=1S/C15H21NO/c1-3-14(17)15(8-10-16-11-9-15)13-7-5-4-6-12(13)2/h4-7,16H,3,8-11H2,1-2H3. The Morgan fingerprint density at radius 3 is 2.53 bits per heavy atom. The van der Waals surface area contributed by atoms with Gasteiger partial charge in [-0.3, -0.25) is 4.79 Å². The third kappa shape index (κ3) is 2.14. The summed E-state index contributed by atoms with van der Waals surface area (Å²) in [6.07, 6.45) is 2.50. The van der Waals surface area contributed by atoms with Crippen LogP contribution in [0.4, 0.5) is 0 Å². The zero-order valence-electron chi connectivity index (χ0n) is 10.8. The maximum Gasteiger partial charge on any atom is 0.143 e. The molecule has 1 N–H and O–H groups in total. The second-order valence-corrected chi connectivity index (χ2v) is 4.92. The number of carbonyl (C=O) groups is 1. The molecule has 0 unspecified atom stereocenters. The van der Waals surface area contributed by atoms with Crippen LogP contribution >= 0.6 is 0 Å². The first kappa shape index (κ1) is 12.3. The van der Waals surface area contributed by atoms with Gasteiger partial charge < -0.3 is 5.32 Å². The van der Waals surface area contributed by atoms with Crippen LogP contribution in [-0.2, 0) is 10.2 Å². The molecule has 1 heterocycles. The summed E-state index contributed by atoms with van der Waals surface area (Å²) < 4.78 is 0. The van der Waals surface area contributed by atoms with Crippen LogP contribution in [0.2, 0.25) is 0 Å². The Balaban J connectivity index is 2.46. The molecule has 1 aliphatic rings. The largest absolute Gasteiger partial charge is 0.317 e. The Morgan fingerprint density at radius 1 is 1.29 bits per heavy atom. The third-order valence-electron chi connectivity index (χ3n) is 3.97. The minimum atomic E-state index is -0.231. The van der Waals surface area contributed by atoms with Crippen molar-refractivity contribution in [3.63, 3.8) is 0 Å². The molecule has 1 fully saturated rings. The van der Waals surface area contributed by atoms with Gasteiger partial charge in [0.15, 0.2) is 0 Å². The Kier molecular flexibility index (Phi) is 3.63. The van der Waals surface area contributed by atoms with E-state index >= 15 is 0 Å². The minimum absolute atomic E-state index is 0.231. The molecule has 0 radical (unpaired) electrons. The van der Waals surface area contributed by atoms with Crippen molar-refractivity contribution in [2.45, 2.75) is 38.5 Å². The Morgan fingerprint density at radius 2 is 1.94 bits per heavy atom. The van der Waals surface area contributed by atoms with Crippen LogP contribution in [0.25, 0.3) is 0 Å². The number of nitrogens with one attached hydrogen (secondary N) is 1. The van der Waals surface area contributed by atoms with Crippen LogP contribution < -0.4 is 5.32 Å². The number of aryl methyl sites for hydroxylation is 1. The summed E-state index contributed by atoms with van der Waals surface area (Å²) in [6.45, 7) is 5.98. The first-order valence-electron chi connectivity index (χ1n) is 6.51. The molecule has 0 aliphatic carbocycles. The first-order chi connectivity index (χ1) is 8.20. The third-order valence-corrected chi connectivity index (χ3v) is 3.97. The lowest BCUT2D eigenvalue weighted by molar-refractivity contribution is -0.125. The molecule has 0 atom stereocenters. The predicted octanol–water partition coefficient (Wildman–Crippen LogP) is 2.60. The van der Waals surface area contributed by atoms with Crippen molar-refractivity contribution < 1.29 is 4.79 Å². The van der Waals surface area contributed by atoms with Crippen molar-refractivity contribution in [1.82, 2.24) is 5.32 Å². The minimum Gasteiger partial charge on any atom is -0.317 e. The summed E-state index contributed by atoms with van der Waals surface area (Å²) in [5.74, 6) is 0.397. The lowest BCUT2D eigenvalue weighted by atomic mass is 9.68. The lowest BCUT2D eigenvalue weighted by Crippen LogP contribution is -2.45. The molecule has 2 nitrogen and oxygen atoms in total.